The Morgan fingerprint density at radius 3 is 2.58 bits per heavy atom. The lowest BCUT2D eigenvalue weighted by atomic mass is 10.1. The van der Waals surface area contributed by atoms with E-state index in [1.807, 2.05) is 29.0 Å². The van der Waals surface area contributed by atoms with Gasteiger partial charge in [0.2, 0.25) is 0 Å². The topological polar surface area (TPSA) is 39.1 Å². The average Bonchev–Trinajstić information content (AvgIpc) is 2.73. The first-order chi connectivity index (χ1) is 8.87. The van der Waals surface area contributed by atoms with Crippen LogP contribution in [0.5, 0.6) is 0 Å². The zero-order valence-electron chi connectivity index (χ0n) is 10.3. The summed E-state index contributed by atoms with van der Waals surface area (Å²) in [6, 6.07) is 9.03. The molecule has 0 bridgehead atoms. The molecule has 0 saturated carbocycles. The molecule has 1 aromatic carbocycles. The van der Waals surface area contributed by atoms with E-state index in [9.17, 15) is 8.42 Å². The summed E-state index contributed by atoms with van der Waals surface area (Å²) < 4.78 is 24.3. The van der Waals surface area contributed by atoms with Crippen LogP contribution in [0.15, 0.2) is 36.5 Å². The molecule has 2 rings (SSSR count). The summed E-state index contributed by atoms with van der Waals surface area (Å²) in [5.41, 5.74) is 1.72. The Kier molecular flexibility index (Phi) is 4.23. The van der Waals surface area contributed by atoms with Crippen LogP contribution in [0, 0.1) is 0 Å². The quantitative estimate of drug-likeness (QED) is 0.865. The van der Waals surface area contributed by atoms with Crippen LogP contribution in [0.1, 0.15) is 0 Å². The summed E-state index contributed by atoms with van der Waals surface area (Å²) >= 11 is 12.0. The monoisotopic (exact) mass is 317 g/mol. The molecule has 1 aromatic heterocycles. The van der Waals surface area contributed by atoms with Gasteiger partial charge in [-0.3, -0.25) is 0 Å². The van der Waals surface area contributed by atoms with Gasteiger partial charge in [-0.15, -0.1) is 0 Å². The van der Waals surface area contributed by atoms with Gasteiger partial charge in [-0.25, -0.2) is 8.42 Å². The molecule has 0 atom stereocenters. The normalized spacial score (nSPS) is 11.7. The number of nitrogens with zero attached hydrogens (tertiary/aromatic N) is 1. The summed E-state index contributed by atoms with van der Waals surface area (Å²) in [4.78, 5) is 0. The zero-order chi connectivity index (χ0) is 14.0. The second-order valence-electron chi connectivity index (χ2n) is 4.34. The van der Waals surface area contributed by atoms with E-state index in [1.165, 1.54) is 6.26 Å². The maximum atomic E-state index is 11.2. The number of hydrogen-bond acceptors (Lipinski definition) is 2. The molecule has 6 heteroatoms. The van der Waals surface area contributed by atoms with E-state index in [2.05, 4.69) is 0 Å². The number of rotatable bonds is 4. The van der Waals surface area contributed by atoms with Crippen LogP contribution in [-0.2, 0) is 16.4 Å². The number of aromatic nitrogens is 1. The van der Waals surface area contributed by atoms with Crippen molar-refractivity contribution in [3.8, 4) is 11.3 Å². The predicted octanol–water partition coefficient (Wildman–Crippen LogP) is 3.51. The highest BCUT2D eigenvalue weighted by atomic mass is 35.5. The highest BCUT2D eigenvalue weighted by Gasteiger charge is 2.10. The smallest absolute Gasteiger partial charge is 0.149 e. The third kappa shape index (κ3) is 3.75. The Balaban J connectivity index is 2.33. The molecule has 0 aliphatic rings. The van der Waals surface area contributed by atoms with Crippen molar-refractivity contribution in [3.63, 3.8) is 0 Å². The van der Waals surface area contributed by atoms with Crippen LogP contribution in [0.2, 0.25) is 10.0 Å². The van der Waals surface area contributed by atoms with Crippen molar-refractivity contribution in [2.75, 3.05) is 12.0 Å². The van der Waals surface area contributed by atoms with E-state index >= 15 is 0 Å². The Morgan fingerprint density at radius 2 is 1.95 bits per heavy atom. The molecular formula is C13H13Cl2NO2S. The van der Waals surface area contributed by atoms with E-state index in [-0.39, 0.29) is 5.75 Å². The highest BCUT2D eigenvalue weighted by Crippen LogP contribution is 2.30. The lowest BCUT2D eigenvalue weighted by Crippen LogP contribution is -2.11. The standard InChI is InChI=1S/C13H13Cl2NO2S/c1-19(17,18)8-7-16-6-2-3-13(16)11-5-4-10(14)9-12(11)15/h2-6,9H,7-8H2,1H3. The highest BCUT2D eigenvalue weighted by molar-refractivity contribution is 7.90. The first-order valence-electron chi connectivity index (χ1n) is 5.65. The van der Waals surface area contributed by atoms with Crippen molar-refractivity contribution < 1.29 is 8.42 Å². The molecular weight excluding hydrogens is 305 g/mol. The van der Waals surface area contributed by atoms with Crippen molar-refractivity contribution >= 4 is 33.0 Å². The fourth-order valence-electron chi connectivity index (χ4n) is 1.81. The molecule has 0 unspecified atom stereocenters. The maximum absolute atomic E-state index is 11.2. The molecule has 0 spiro atoms. The minimum Gasteiger partial charge on any atom is -0.346 e. The molecule has 0 aliphatic heterocycles. The van der Waals surface area contributed by atoms with Gasteiger partial charge in [-0.05, 0) is 30.3 Å². The van der Waals surface area contributed by atoms with E-state index in [1.54, 1.807) is 12.1 Å². The van der Waals surface area contributed by atoms with Gasteiger partial charge in [0.1, 0.15) is 9.84 Å². The fraction of sp³-hybridized carbons (Fsp3) is 0.231. The predicted molar refractivity (Wildman–Crippen MR) is 79.6 cm³/mol. The molecule has 19 heavy (non-hydrogen) atoms. The van der Waals surface area contributed by atoms with Crippen molar-refractivity contribution in [3.05, 3.63) is 46.6 Å². The van der Waals surface area contributed by atoms with Gasteiger partial charge in [-0.2, -0.15) is 0 Å². The Morgan fingerprint density at radius 1 is 1.21 bits per heavy atom. The fourth-order valence-corrected chi connectivity index (χ4v) is 2.85. The lowest BCUT2D eigenvalue weighted by Gasteiger charge is -2.10. The van der Waals surface area contributed by atoms with Crippen LogP contribution in [0.3, 0.4) is 0 Å². The molecule has 0 N–H and O–H groups in total. The first kappa shape index (κ1) is 14.4. The van der Waals surface area contributed by atoms with Crippen LogP contribution in [0.25, 0.3) is 11.3 Å². The van der Waals surface area contributed by atoms with Crippen LogP contribution >= 0.6 is 23.2 Å². The summed E-state index contributed by atoms with van der Waals surface area (Å²) in [6.07, 6.45) is 3.07. The molecule has 0 fully saturated rings. The number of benzene rings is 1. The minimum atomic E-state index is -2.99. The zero-order valence-corrected chi connectivity index (χ0v) is 12.6. The van der Waals surface area contributed by atoms with Gasteiger partial charge in [0, 0.05) is 35.3 Å². The van der Waals surface area contributed by atoms with Gasteiger partial charge in [0.25, 0.3) is 0 Å². The summed E-state index contributed by atoms with van der Waals surface area (Å²) in [7, 11) is -2.99. The number of sulfone groups is 1. The van der Waals surface area contributed by atoms with Crippen LogP contribution in [0.4, 0.5) is 0 Å². The number of aryl methyl sites for hydroxylation is 1. The Labute approximate surface area is 122 Å². The molecule has 0 saturated heterocycles. The molecule has 1 heterocycles. The minimum absolute atomic E-state index is 0.0971. The van der Waals surface area contributed by atoms with Gasteiger partial charge in [0.15, 0.2) is 0 Å². The Hall–Kier alpha value is -0.970. The maximum Gasteiger partial charge on any atom is 0.149 e. The van der Waals surface area contributed by atoms with Crippen molar-refractivity contribution in [1.82, 2.24) is 4.57 Å². The van der Waals surface area contributed by atoms with Crippen molar-refractivity contribution in [2.45, 2.75) is 6.54 Å². The van der Waals surface area contributed by atoms with Crippen LogP contribution < -0.4 is 0 Å². The molecule has 2 aromatic rings. The van der Waals surface area contributed by atoms with Crippen molar-refractivity contribution in [1.29, 1.82) is 0 Å². The van der Waals surface area contributed by atoms with Gasteiger partial charge >= 0.3 is 0 Å². The molecule has 0 amide bonds. The second kappa shape index (κ2) is 5.57. The molecule has 0 radical (unpaired) electrons. The van der Waals surface area contributed by atoms with Gasteiger partial charge in [-0.1, -0.05) is 23.2 Å². The summed E-state index contributed by atoms with van der Waals surface area (Å²) in [5, 5.41) is 1.12. The van der Waals surface area contributed by atoms with E-state index in [0.29, 0.717) is 16.6 Å². The van der Waals surface area contributed by atoms with Gasteiger partial charge < -0.3 is 4.57 Å². The van der Waals surface area contributed by atoms with E-state index < -0.39 is 9.84 Å². The second-order valence-corrected chi connectivity index (χ2v) is 7.44. The van der Waals surface area contributed by atoms with E-state index in [0.717, 1.165) is 11.3 Å². The van der Waals surface area contributed by atoms with Gasteiger partial charge in [0.05, 0.1) is 10.8 Å². The molecule has 102 valence electrons. The summed E-state index contributed by atoms with van der Waals surface area (Å²) in [5.74, 6) is 0.0971. The number of hydrogen-bond donors (Lipinski definition) is 0. The summed E-state index contributed by atoms with van der Waals surface area (Å²) in [6.45, 7) is 0.403. The van der Waals surface area contributed by atoms with Crippen molar-refractivity contribution in [2.24, 2.45) is 0 Å². The Bertz CT molecular complexity index is 692. The molecule has 0 aliphatic carbocycles. The third-order valence-electron chi connectivity index (χ3n) is 2.74. The first-order valence-corrected chi connectivity index (χ1v) is 8.47. The lowest BCUT2D eigenvalue weighted by molar-refractivity contribution is 0.595. The molecule has 3 nitrogen and oxygen atoms in total. The largest absolute Gasteiger partial charge is 0.346 e. The van der Waals surface area contributed by atoms with Crippen LogP contribution in [-0.4, -0.2) is 25.0 Å². The average molecular weight is 318 g/mol. The third-order valence-corrected chi connectivity index (χ3v) is 4.21. The number of halogens is 2. The van der Waals surface area contributed by atoms with E-state index in [4.69, 9.17) is 23.2 Å². The SMILES string of the molecule is CS(=O)(=O)CCn1cccc1-c1ccc(Cl)cc1Cl.